The van der Waals surface area contributed by atoms with E-state index in [1.807, 2.05) is 6.07 Å². The largest absolute Gasteiger partial charge is 0.472 e. The van der Waals surface area contributed by atoms with E-state index in [1.165, 1.54) is 12.1 Å². The molecule has 1 atom stereocenters. The van der Waals surface area contributed by atoms with E-state index in [1.54, 1.807) is 18.6 Å². The van der Waals surface area contributed by atoms with Crippen LogP contribution in [0, 0.1) is 5.82 Å². The summed E-state index contributed by atoms with van der Waals surface area (Å²) in [5.41, 5.74) is 1.67. The third-order valence-corrected chi connectivity index (χ3v) is 3.09. The lowest BCUT2D eigenvalue weighted by atomic mass is 10.0. The van der Waals surface area contributed by atoms with Crippen molar-refractivity contribution in [2.45, 2.75) is 19.4 Å². The summed E-state index contributed by atoms with van der Waals surface area (Å²) in [6.07, 6.45) is 4.24. The molecule has 1 heterocycles. The van der Waals surface area contributed by atoms with E-state index in [4.69, 9.17) is 16.0 Å². The minimum absolute atomic E-state index is 0.146. The highest BCUT2D eigenvalue weighted by atomic mass is 35.5. The van der Waals surface area contributed by atoms with Gasteiger partial charge in [0.05, 0.1) is 18.6 Å². The van der Waals surface area contributed by atoms with Crippen LogP contribution in [0.1, 0.15) is 30.5 Å². The first-order chi connectivity index (χ1) is 8.72. The lowest BCUT2D eigenvalue weighted by Gasteiger charge is -2.19. The Kier molecular flexibility index (Phi) is 4.39. The Morgan fingerprint density at radius 3 is 2.89 bits per heavy atom. The van der Waals surface area contributed by atoms with Gasteiger partial charge < -0.3 is 9.73 Å². The smallest absolute Gasteiger partial charge is 0.123 e. The molecule has 1 unspecified atom stereocenters. The van der Waals surface area contributed by atoms with Crippen LogP contribution < -0.4 is 5.32 Å². The van der Waals surface area contributed by atoms with Gasteiger partial charge in [-0.1, -0.05) is 18.5 Å². The average molecular weight is 268 g/mol. The number of benzene rings is 1. The van der Waals surface area contributed by atoms with Gasteiger partial charge in [0, 0.05) is 10.6 Å². The summed E-state index contributed by atoms with van der Waals surface area (Å²) >= 11 is 6.15. The predicted octanol–water partition coefficient (Wildman–Crippen LogP) is 4.16. The molecule has 0 amide bonds. The quantitative estimate of drug-likeness (QED) is 0.880. The van der Waals surface area contributed by atoms with Gasteiger partial charge in [0.1, 0.15) is 5.82 Å². The molecule has 1 aromatic heterocycles. The fraction of sp³-hybridized carbons (Fsp3) is 0.286. The molecule has 4 heteroatoms. The Balaban J connectivity index is 2.36. The molecule has 1 aromatic carbocycles. The molecule has 1 N–H and O–H groups in total. The highest BCUT2D eigenvalue weighted by Crippen LogP contribution is 2.29. The minimum Gasteiger partial charge on any atom is -0.472 e. The molecule has 2 aromatic rings. The Morgan fingerprint density at radius 1 is 1.39 bits per heavy atom. The van der Waals surface area contributed by atoms with Crippen molar-refractivity contribution in [2.24, 2.45) is 0 Å². The fourth-order valence-corrected chi connectivity index (χ4v) is 2.10. The number of hydrogen-bond donors (Lipinski definition) is 1. The number of furan rings is 1. The van der Waals surface area contributed by atoms with Crippen molar-refractivity contribution in [1.29, 1.82) is 0 Å². The molecule has 0 bridgehead atoms. The summed E-state index contributed by atoms with van der Waals surface area (Å²) in [5, 5.41) is 3.89. The van der Waals surface area contributed by atoms with Gasteiger partial charge in [0.15, 0.2) is 0 Å². The summed E-state index contributed by atoms with van der Waals surface area (Å²) in [5.74, 6) is -0.291. The second-order valence-electron chi connectivity index (χ2n) is 4.11. The van der Waals surface area contributed by atoms with Crippen LogP contribution in [0.15, 0.2) is 41.2 Å². The Bertz CT molecular complexity index is 499. The maximum absolute atomic E-state index is 13.4. The van der Waals surface area contributed by atoms with Crippen LogP contribution in [0.25, 0.3) is 0 Å². The van der Waals surface area contributed by atoms with Gasteiger partial charge in [-0.05, 0) is 42.8 Å². The van der Waals surface area contributed by atoms with E-state index in [9.17, 15) is 4.39 Å². The van der Waals surface area contributed by atoms with Crippen LogP contribution >= 0.6 is 11.6 Å². The second kappa shape index (κ2) is 6.03. The Labute approximate surface area is 111 Å². The monoisotopic (exact) mass is 267 g/mol. The van der Waals surface area contributed by atoms with Crippen LogP contribution in [-0.4, -0.2) is 6.54 Å². The first kappa shape index (κ1) is 13.1. The van der Waals surface area contributed by atoms with Crippen molar-refractivity contribution >= 4 is 11.6 Å². The highest BCUT2D eigenvalue weighted by Gasteiger charge is 2.18. The summed E-state index contributed by atoms with van der Waals surface area (Å²) < 4.78 is 18.5. The van der Waals surface area contributed by atoms with E-state index in [0.29, 0.717) is 5.02 Å². The van der Waals surface area contributed by atoms with Crippen molar-refractivity contribution in [3.8, 4) is 0 Å². The van der Waals surface area contributed by atoms with Gasteiger partial charge in [-0.25, -0.2) is 4.39 Å². The standard InChI is InChI=1S/C14H15ClFNO/c1-2-6-17-14(10-5-7-18-9-10)12-8-11(16)3-4-13(12)15/h3-5,7-9,14,17H,2,6H2,1H3. The summed E-state index contributed by atoms with van der Waals surface area (Å²) in [6.45, 7) is 2.90. The van der Waals surface area contributed by atoms with Crippen molar-refractivity contribution < 1.29 is 8.81 Å². The molecule has 0 fully saturated rings. The molecule has 18 heavy (non-hydrogen) atoms. The summed E-state index contributed by atoms with van der Waals surface area (Å²) in [7, 11) is 0. The first-order valence-electron chi connectivity index (χ1n) is 5.92. The van der Waals surface area contributed by atoms with Gasteiger partial charge in [-0.2, -0.15) is 0 Å². The molecule has 96 valence electrons. The van der Waals surface area contributed by atoms with Crippen LogP contribution in [0.3, 0.4) is 0 Å². The van der Waals surface area contributed by atoms with Gasteiger partial charge in [0.25, 0.3) is 0 Å². The third-order valence-electron chi connectivity index (χ3n) is 2.74. The van der Waals surface area contributed by atoms with Gasteiger partial charge in [-0.15, -0.1) is 0 Å². The first-order valence-corrected chi connectivity index (χ1v) is 6.30. The van der Waals surface area contributed by atoms with Crippen LogP contribution in [0.2, 0.25) is 5.02 Å². The maximum atomic E-state index is 13.4. The zero-order valence-electron chi connectivity index (χ0n) is 10.1. The van der Waals surface area contributed by atoms with Crippen LogP contribution in [0.4, 0.5) is 4.39 Å². The van der Waals surface area contributed by atoms with Gasteiger partial charge >= 0.3 is 0 Å². The molecule has 2 rings (SSSR count). The number of hydrogen-bond acceptors (Lipinski definition) is 2. The summed E-state index contributed by atoms with van der Waals surface area (Å²) in [4.78, 5) is 0. The molecule has 2 nitrogen and oxygen atoms in total. The predicted molar refractivity (Wildman–Crippen MR) is 70.3 cm³/mol. The van der Waals surface area contributed by atoms with Crippen LogP contribution in [-0.2, 0) is 0 Å². The molecular weight excluding hydrogens is 253 g/mol. The highest BCUT2D eigenvalue weighted by molar-refractivity contribution is 6.31. The zero-order chi connectivity index (χ0) is 13.0. The van der Waals surface area contributed by atoms with Crippen molar-refractivity contribution in [1.82, 2.24) is 5.32 Å². The average Bonchev–Trinajstić information content (AvgIpc) is 2.88. The summed E-state index contributed by atoms with van der Waals surface area (Å²) in [6, 6.07) is 6.11. The molecule has 0 aliphatic rings. The third kappa shape index (κ3) is 2.92. The van der Waals surface area contributed by atoms with E-state index in [0.717, 1.165) is 24.1 Å². The SMILES string of the molecule is CCCNC(c1ccoc1)c1cc(F)ccc1Cl. The molecule has 0 saturated heterocycles. The van der Waals surface area contributed by atoms with Crippen molar-refractivity contribution in [2.75, 3.05) is 6.54 Å². The van der Waals surface area contributed by atoms with Gasteiger partial charge in [-0.3, -0.25) is 0 Å². The molecule has 0 aliphatic heterocycles. The lowest BCUT2D eigenvalue weighted by molar-refractivity contribution is 0.546. The fourth-order valence-electron chi connectivity index (χ4n) is 1.87. The second-order valence-corrected chi connectivity index (χ2v) is 4.52. The molecule has 0 radical (unpaired) electrons. The Morgan fingerprint density at radius 2 is 2.22 bits per heavy atom. The normalized spacial score (nSPS) is 12.6. The number of halogens is 2. The molecule has 0 spiro atoms. The van der Waals surface area contributed by atoms with Crippen LogP contribution in [0.5, 0.6) is 0 Å². The number of nitrogens with one attached hydrogen (secondary N) is 1. The maximum Gasteiger partial charge on any atom is 0.123 e. The zero-order valence-corrected chi connectivity index (χ0v) is 10.9. The molecule has 0 aliphatic carbocycles. The van der Waals surface area contributed by atoms with E-state index >= 15 is 0 Å². The van der Waals surface area contributed by atoms with E-state index < -0.39 is 0 Å². The van der Waals surface area contributed by atoms with Crippen molar-refractivity contribution in [3.05, 3.63) is 58.8 Å². The van der Waals surface area contributed by atoms with Gasteiger partial charge in [0.2, 0.25) is 0 Å². The molecule has 0 saturated carbocycles. The number of rotatable bonds is 5. The molecular formula is C14H15ClFNO. The minimum atomic E-state index is -0.291. The van der Waals surface area contributed by atoms with E-state index in [-0.39, 0.29) is 11.9 Å². The van der Waals surface area contributed by atoms with Crippen molar-refractivity contribution in [3.63, 3.8) is 0 Å². The topological polar surface area (TPSA) is 25.2 Å². The Hall–Kier alpha value is -1.32. The van der Waals surface area contributed by atoms with E-state index in [2.05, 4.69) is 12.2 Å². The lowest BCUT2D eigenvalue weighted by Crippen LogP contribution is -2.23.